The molecule has 1 aromatic heterocycles. The van der Waals surface area contributed by atoms with Gasteiger partial charge in [0.05, 0.1) is 11.1 Å². The van der Waals surface area contributed by atoms with Gasteiger partial charge in [-0.2, -0.15) is 0 Å². The fraction of sp³-hybridized carbons (Fsp3) is 0.273. The third-order valence-electron chi connectivity index (χ3n) is 2.48. The summed E-state index contributed by atoms with van der Waals surface area (Å²) in [6.45, 7) is 0.472. The van der Waals surface area contributed by atoms with Crippen molar-refractivity contribution < 1.29 is 5.11 Å². The predicted molar refractivity (Wildman–Crippen MR) is 61.9 cm³/mol. The Kier molecular flexibility index (Phi) is 2.95. The number of aliphatic hydroxyl groups excluding tert-OH is 1. The van der Waals surface area contributed by atoms with Gasteiger partial charge in [0.1, 0.15) is 0 Å². The number of H-pyrrole nitrogens is 1. The Morgan fingerprint density at radius 1 is 1.47 bits per heavy atom. The zero-order valence-corrected chi connectivity index (χ0v) is 8.96. The van der Waals surface area contributed by atoms with E-state index in [0.29, 0.717) is 18.0 Å². The SMILES string of the molecule is NCCC(O)c1ccc2[nH]cc(Cl)c2c1. The van der Waals surface area contributed by atoms with Crippen molar-refractivity contribution in [3.8, 4) is 0 Å². The van der Waals surface area contributed by atoms with E-state index in [9.17, 15) is 5.11 Å². The molecule has 0 bridgehead atoms. The molecule has 1 aromatic carbocycles. The predicted octanol–water partition coefficient (Wildman–Crippen LogP) is 2.20. The van der Waals surface area contributed by atoms with Gasteiger partial charge in [-0.3, -0.25) is 0 Å². The van der Waals surface area contributed by atoms with Crippen LogP contribution in [0.2, 0.25) is 5.02 Å². The summed E-state index contributed by atoms with van der Waals surface area (Å²) in [4.78, 5) is 3.05. The van der Waals surface area contributed by atoms with Gasteiger partial charge < -0.3 is 15.8 Å². The van der Waals surface area contributed by atoms with Crippen molar-refractivity contribution in [3.05, 3.63) is 35.0 Å². The molecule has 2 aromatic rings. The van der Waals surface area contributed by atoms with Crippen molar-refractivity contribution in [2.45, 2.75) is 12.5 Å². The third kappa shape index (κ3) is 2.00. The van der Waals surface area contributed by atoms with Gasteiger partial charge in [-0.05, 0) is 30.7 Å². The van der Waals surface area contributed by atoms with Gasteiger partial charge in [-0.25, -0.2) is 0 Å². The standard InChI is InChI=1S/C11H13ClN2O/c12-9-6-14-10-2-1-7(5-8(9)10)11(15)3-4-13/h1-2,5-6,11,14-15H,3-4,13H2. The summed E-state index contributed by atoms with van der Waals surface area (Å²) in [5, 5.41) is 11.4. The zero-order chi connectivity index (χ0) is 10.8. The highest BCUT2D eigenvalue weighted by atomic mass is 35.5. The molecule has 4 N–H and O–H groups in total. The number of rotatable bonds is 3. The molecule has 15 heavy (non-hydrogen) atoms. The highest BCUT2D eigenvalue weighted by Gasteiger charge is 2.08. The second-order valence-electron chi connectivity index (χ2n) is 3.53. The molecule has 0 amide bonds. The van der Waals surface area contributed by atoms with Crippen molar-refractivity contribution in [1.29, 1.82) is 0 Å². The second-order valence-corrected chi connectivity index (χ2v) is 3.94. The first kappa shape index (κ1) is 10.5. The van der Waals surface area contributed by atoms with E-state index in [1.54, 1.807) is 6.20 Å². The largest absolute Gasteiger partial charge is 0.388 e. The van der Waals surface area contributed by atoms with Gasteiger partial charge >= 0.3 is 0 Å². The highest BCUT2D eigenvalue weighted by Crippen LogP contribution is 2.26. The maximum atomic E-state index is 9.78. The number of halogens is 1. The normalized spacial score (nSPS) is 13.3. The molecule has 0 aliphatic rings. The molecule has 0 aliphatic heterocycles. The van der Waals surface area contributed by atoms with Crippen LogP contribution in [0, 0.1) is 0 Å². The fourth-order valence-electron chi connectivity index (χ4n) is 1.64. The minimum absolute atomic E-state index is 0.472. The average Bonchev–Trinajstić information content (AvgIpc) is 2.60. The number of hydrogen-bond donors (Lipinski definition) is 3. The Bertz CT molecular complexity index is 467. The Labute approximate surface area is 92.9 Å². The first-order valence-corrected chi connectivity index (χ1v) is 5.25. The van der Waals surface area contributed by atoms with Gasteiger partial charge in [0.2, 0.25) is 0 Å². The molecule has 0 fully saturated rings. The number of aromatic amines is 1. The van der Waals surface area contributed by atoms with E-state index >= 15 is 0 Å². The molecule has 1 heterocycles. The molecule has 0 aliphatic carbocycles. The Balaban J connectivity index is 2.41. The molecular formula is C11H13ClN2O. The van der Waals surface area contributed by atoms with Crippen LogP contribution < -0.4 is 5.73 Å². The van der Waals surface area contributed by atoms with Crippen molar-refractivity contribution in [2.75, 3.05) is 6.54 Å². The number of nitrogens with two attached hydrogens (primary N) is 1. The van der Waals surface area contributed by atoms with Crippen molar-refractivity contribution in [2.24, 2.45) is 5.73 Å². The van der Waals surface area contributed by atoms with Crippen LogP contribution in [0.1, 0.15) is 18.1 Å². The van der Waals surface area contributed by atoms with E-state index in [4.69, 9.17) is 17.3 Å². The summed E-state index contributed by atoms with van der Waals surface area (Å²) < 4.78 is 0. The van der Waals surface area contributed by atoms with Gasteiger partial charge in [0.15, 0.2) is 0 Å². The maximum Gasteiger partial charge on any atom is 0.0802 e. The summed E-state index contributed by atoms with van der Waals surface area (Å²) in [6.07, 6.45) is 1.80. The first-order valence-electron chi connectivity index (χ1n) is 4.87. The molecule has 0 saturated carbocycles. The third-order valence-corrected chi connectivity index (χ3v) is 2.79. The van der Waals surface area contributed by atoms with Crippen LogP contribution in [0.15, 0.2) is 24.4 Å². The van der Waals surface area contributed by atoms with Crippen LogP contribution in [0.25, 0.3) is 10.9 Å². The van der Waals surface area contributed by atoms with E-state index in [2.05, 4.69) is 4.98 Å². The molecule has 1 atom stereocenters. The Morgan fingerprint density at radius 3 is 3.00 bits per heavy atom. The van der Waals surface area contributed by atoms with E-state index < -0.39 is 6.10 Å². The number of aromatic nitrogens is 1. The monoisotopic (exact) mass is 224 g/mol. The number of hydrogen-bond acceptors (Lipinski definition) is 2. The van der Waals surface area contributed by atoms with E-state index in [0.717, 1.165) is 16.5 Å². The maximum absolute atomic E-state index is 9.78. The van der Waals surface area contributed by atoms with E-state index in [1.165, 1.54) is 0 Å². The van der Waals surface area contributed by atoms with Gasteiger partial charge in [0, 0.05) is 17.1 Å². The van der Waals surface area contributed by atoms with Gasteiger partial charge in [-0.1, -0.05) is 17.7 Å². The van der Waals surface area contributed by atoms with Gasteiger partial charge in [0.25, 0.3) is 0 Å². The summed E-state index contributed by atoms with van der Waals surface area (Å²) in [7, 11) is 0. The molecule has 3 nitrogen and oxygen atoms in total. The molecule has 1 unspecified atom stereocenters. The van der Waals surface area contributed by atoms with Crippen molar-refractivity contribution in [3.63, 3.8) is 0 Å². The number of nitrogens with one attached hydrogen (secondary N) is 1. The lowest BCUT2D eigenvalue weighted by atomic mass is 10.0. The van der Waals surface area contributed by atoms with E-state index in [1.807, 2.05) is 18.2 Å². The molecule has 2 rings (SSSR count). The Hall–Kier alpha value is -1.03. The minimum Gasteiger partial charge on any atom is -0.388 e. The molecule has 4 heteroatoms. The van der Waals surface area contributed by atoms with Crippen LogP contribution in [0.5, 0.6) is 0 Å². The summed E-state index contributed by atoms with van der Waals surface area (Å²) in [6, 6.07) is 5.69. The van der Waals surface area contributed by atoms with Crippen LogP contribution in [0.3, 0.4) is 0 Å². The second kappa shape index (κ2) is 4.23. The smallest absolute Gasteiger partial charge is 0.0802 e. The molecule has 0 spiro atoms. The van der Waals surface area contributed by atoms with Crippen LogP contribution >= 0.6 is 11.6 Å². The lowest BCUT2D eigenvalue weighted by molar-refractivity contribution is 0.170. The fourth-order valence-corrected chi connectivity index (χ4v) is 1.85. The first-order chi connectivity index (χ1) is 7.22. The van der Waals surface area contributed by atoms with Crippen molar-refractivity contribution in [1.82, 2.24) is 4.98 Å². The topological polar surface area (TPSA) is 62.0 Å². The summed E-state index contributed by atoms with van der Waals surface area (Å²) in [5.74, 6) is 0. The minimum atomic E-state index is -0.509. The van der Waals surface area contributed by atoms with Gasteiger partial charge in [-0.15, -0.1) is 0 Å². The zero-order valence-electron chi connectivity index (χ0n) is 8.20. The van der Waals surface area contributed by atoms with Crippen LogP contribution in [0.4, 0.5) is 0 Å². The highest BCUT2D eigenvalue weighted by molar-refractivity contribution is 6.35. The summed E-state index contributed by atoms with van der Waals surface area (Å²) in [5.41, 5.74) is 7.23. The van der Waals surface area contributed by atoms with Crippen LogP contribution in [-0.2, 0) is 0 Å². The average molecular weight is 225 g/mol. The quantitative estimate of drug-likeness (QED) is 0.749. The number of benzene rings is 1. The molecule has 0 radical (unpaired) electrons. The van der Waals surface area contributed by atoms with Crippen LogP contribution in [-0.4, -0.2) is 16.6 Å². The van der Waals surface area contributed by atoms with Crippen molar-refractivity contribution >= 4 is 22.5 Å². The number of fused-ring (bicyclic) bond motifs is 1. The lowest BCUT2D eigenvalue weighted by Crippen LogP contribution is -2.06. The lowest BCUT2D eigenvalue weighted by Gasteiger charge is -2.09. The molecule has 0 saturated heterocycles. The molecule has 80 valence electrons. The Morgan fingerprint density at radius 2 is 2.27 bits per heavy atom. The van der Waals surface area contributed by atoms with E-state index in [-0.39, 0.29) is 0 Å². The number of aliphatic hydroxyl groups is 1. The molecular weight excluding hydrogens is 212 g/mol. The summed E-state index contributed by atoms with van der Waals surface area (Å²) >= 11 is 5.99.